The quantitative estimate of drug-likeness (QED) is 0.820. The minimum Gasteiger partial charge on any atom is -0.378 e. The summed E-state index contributed by atoms with van der Waals surface area (Å²) < 4.78 is 0. The molecule has 0 heterocycles. The van der Waals surface area contributed by atoms with Gasteiger partial charge in [-0.3, -0.25) is 9.59 Å². The van der Waals surface area contributed by atoms with E-state index in [-0.39, 0.29) is 0 Å². The zero-order valence-corrected chi connectivity index (χ0v) is 15.1. The van der Waals surface area contributed by atoms with Crippen LogP contribution in [0.2, 0.25) is 0 Å². The molecule has 5 nitrogen and oxygen atoms in total. The van der Waals surface area contributed by atoms with Crippen LogP contribution in [0.15, 0.2) is 24.3 Å². The Kier molecular flexibility index (Phi) is 7.07. The first-order chi connectivity index (χ1) is 10.7. The van der Waals surface area contributed by atoms with Crippen LogP contribution in [0.5, 0.6) is 0 Å². The standard InChI is InChI=1S/C18H29N3O2/c1-13(2)11-21(12-14(3)4)18(23)17(22)19-15-7-9-16(10-8-15)20(5)6/h7-10,13-14H,11-12H2,1-6H3,(H,19,22). The molecular weight excluding hydrogens is 290 g/mol. The predicted molar refractivity (Wildman–Crippen MR) is 95.7 cm³/mol. The minimum atomic E-state index is -0.580. The molecule has 0 atom stereocenters. The third-order valence-corrected chi connectivity index (χ3v) is 3.29. The number of rotatable bonds is 6. The van der Waals surface area contributed by atoms with Gasteiger partial charge < -0.3 is 15.1 Å². The molecule has 0 aliphatic heterocycles. The van der Waals surface area contributed by atoms with E-state index in [0.29, 0.717) is 30.6 Å². The van der Waals surface area contributed by atoms with Gasteiger partial charge in [0, 0.05) is 38.6 Å². The van der Waals surface area contributed by atoms with E-state index in [2.05, 4.69) is 5.32 Å². The summed E-state index contributed by atoms with van der Waals surface area (Å²) in [6.07, 6.45) is 0. The molecule has 0 aromatic heterocycles. The van der Waals surface area contributed by atoms with Crippen molar-refractivity contribution in [2.45, 2.75) is 27.7 Å². The summed E-state index contributed by atoms with van der Waals surface area (Å²) in [5, 5.41) is 2.69. The summed E-state index contributed by atoms with van der Waals surface area (Å²) in [5.41, 5.74) is 1.67. The lowest BCUT2D eigenvalue weighted by Gasteiger charge is -2.25. The SMILES string of the molecule is CC(C)CN(CC(C)C)C(=O)C(=O)Nc1ccc(N(C)C)cc1. The van der Waals surface area contributed by atoms with E-state index >= 15 is 0 Å². The number of amides is 2. The average Bonchev–Trinajstić information content (AvgIpc) is 2.45. The van der Waals surface area contributed by atoms with Gasteiger partial charge in [0.1, 0.15) is 0 Å². The Balaban J connectivity index is 2.75. The third-order valence-electron chi connectivity index (χ3n) is 3.29. The highest BCUT2D eigenvalue weighted by Gasteiger charge is 2.23. The van der Waals surface area contributed by atoms with Crippen LogP contribution >= 0.6 is 0 Å². The normalized spacial score (nSPS) is 10.8. The van der Waals surface area contributed by atoms with Gasteiger partial charge in [-0.2, -0.15) is 0 Å². The van der Waals surface area contributed by atoms with E-state index in [9.17, 15) is 9.59 Å². The third kappa shape index (κ3) is 6.30. The van der Waals surface area contributed by atoms with Gasteiger partial charge in [-0.05, 0) is 36.1 Å². The second kappa shape index (κ2) is 8.56. The highest BCUT2D eigenvalue weighted by molar-refractivity contribution is 6.39. The zero-order valence-electron chi connectivity index (χ0n) is 15.1. The van der Waals surface area contributed by atoms with E-state index in [1.807, 2.05) is 58.8 Å². The van der Waals surface area contributed by atoms with Crippen LogP contribution in [-0.4, -0.2) is 43.9 Å². The van der Waals surface area contributed by atoms with Gasteiger partial charge in [-0.25, -0.2) is 0 Å². The first kappa shape index (κ1) is 19.0. The van der Waals surface area contributed by atoms with Crippen molar-refractivity contribution in [2.24, 2.45) is 11.8 Å². The van der Waals surface area contributed by atoms with Crippen molar-refractivity contribution in [3.05, 3.63) is 24.3 Å². The molecule has 2 amide bonds. The van der Waals surface area contributed by atoms with Crippen LogP contribution in [0.25, 0.3) is 0 Å². The topological polar surface area (TPSA) is 52.7 Å². The number of hydrogen-bond acceptors (Lipinski definition) is 3. The first-order valence-electron chi connectivity index (χ1n) is 8.08. The van der Waals surface area contributed by atoms with E-state index in [1.165, 1.54) is 0 Å². The highest BCUT2D eigenvalue weighted by Crippen LogP contribution is 2.16. The van der Waals surface area contributed by atoms with Crippen LogP contribution in [0.4, 0.5) is 11.4 Å². The molecule has 0 spiro atoms. The fraction of sp³-hybridized carbons (Fsp3) is 0.556. The molecule has 128 valence electrons. The maximum absolute atomic E-state index is 12.4. The molecule has 0 aliphatic carbocycles. The molecule has 0 fully saturated rings. The second-order valence-electron chi connectivity index (χ2n) is 6.89. The smallest absolute Gasteiger partial charge is 0.313 e. The zero-order chi connectivity index (χ0) is 17.6. The Morgan fingerprint density at radius 3 is 1.83 bits per heavy atom. The molecule has 0 aliphatic rings. The summed E-state index contributed by atoms with van der Waals surface area (Å²) >= 11 is 0. The van der Waals surface area contributed by atoms with Crippen molar-refractivity contribution in [3.63, 3.8) is 0 Å². The number of benzene rings is 1. The van der Waals surface area contributed by atoms with Gasteiger partial charge in [-0.15, -0.1) is 0 Å². The average molecular weight is 319 g/mol. The predicted octanol–water partition coefficient (Wildman–Crippen LogP) is 2.83. The lowest BCUT2D eigenvalue weighted by atomic mass is 10.1. The van der Waals surface area contributed by atoms with Crippen molar-refractivity contribution in [3.8, 4) is 0 Å². The molecule has 0 saturated heterocycles. The Bertz CT molecular complexity index is 512. The molecule has 1 N–H and O–H groups in total. The van der Waals surface area contributed by atoms with Crippen LogP contribution in [0, 0.1) is 11.8 Å². The van der Waals surface area contributed by atoms with Gasteiger partial charge in [0.15, 0.2) is 0 Å². The van der Waals surface area contributed by atoms with Crippen LogP contribution in [0.3, 0.4) is 0 Å². The molecule has 1 aromatic carbocycles. The van der Waals surface area contributed by atoms with Gasteiger partial charge in [-0.1, -0.05) is 27.7 Å². The van der Waals surface area contributed by atoms with Crippen molar-refractivity contribution in [1.29, 1.82) is 0 Å². The fourth-order valence-electron chi connectivity index (χ4n) is 2.29. The van der Waals surface area contributed by atoms with E-state index in [4.69, 9.17) is 0 Å². The van der Waals surface area contributed by atoms with Crippen LogP contribution in [0.1, 0.15) is 27.7 Å². The molecule has 0 unspecified atom stereocenters. The molecule has 1 rings (SSSR count). The largest absolute Gasteiger partial charge is 0.378 e. The Morgan fingerprint density at radius 2 is 1.43 bits per heavy atom. The maximum Gasteiger partial charge on any atom is 0.313 e. The van der Waals surface area contributed by atoms with E-state index in [0.717, 1.165) is 5.69 Å². The monoisotopic (exact) mass is 319 g/mol. The number of nitrogens with zero attached hydrogens (tertiary/aromatic N) is 2. The number of carbonyl (C=O) groups excluding carboxylic acids is 2. The van der Waals surface area contributed by atoms with Crippen molar-refractivity contribution in [1.82, 2.24) is 4.90 Å². The number of carbonyl (C=O) groups is 2. The molecule has 0 saturated carbocycles. The lowest BCUT2D eigenvalue weighted by Crippen LogP contribution is -2.43. The minimum absolute atomic E-state index is 0.324. The molecular formula is C18H29N3O2. The molecule has 1 aromatic rings. The molecule has 0 bridgehead atoms. The Labute approximate surface area is 139 Å². The Hall–Kier alpha value is -2.04. The maximum atomic E-state index is 12.4. The van der Waals surface area contributed by atoms with Crippen molar-refractivity contribution in [2.75, 3.05) is 37.4 Å². The van der Waals surface area contributed by atoms with Gasteiger partial charge in [0.2, 0.25) is 0 Å². The van der Waals surface area contributed by atoms with Gasteiger partial charge in [0.25, 0.3) is 0 Å². The molecule has 5 heteroatoms. The summed E-state index contributed by atoms with van der Waals surface area (Å²) in [7, 11) is 3.90. The van der Waals surface area contributed by atoms with Crippen LogP contribution < -0.4 is 10.2 Å². The van der Waals surface area contributed by atoms with Crippen LogP contribution in [-0.2, 0) is 9.59 Å². The Morgan fingerprint density at radius 1 is 0.957 bits per heavy atom. The number of nitrogens with one attached hydrogen (secondary N) is 1. The summed E-state index contributed by atoms with van der Waals surface area (Å²) in [5.74, 6) is -0.400. The molecule has 0 radical (unpaired) electrons. The second-order valence-corrected chi connectivity index (χ2v) is 6.89. The molecule has 23 heavy (non-hydrogen) atoms. The highest BCUT2D eigenvalue weighted by atomic mass is 16.2. The number of hydrogen-bond donors (Lipinski definition) is 1. The summed E-state index contributed by atoms with van der Waals surface area (Å²) in [6, 6.07) is 7.41. The lowest BCUT2D eigenvalue weighted by molar-refractivity contribution is -0.143. The first-order valence-corrected chi connectivity index (χ1v) is 8.08. The number of anilines is 2. The van der Waals surface area contributed by atoms with Gasteiger partial charge >= 0.3 is 11.8 Å². The van der Waals surface area contributed by atoms with Crippen molar-refractivity contribution < 1.29 is 9.59 Å². The van der Waals surface area contributed by atoms with E-state index in [1.54, 1.807) is 17.0 Å². The summed E-state index contributed by atoms with van der Waals surface area (Å²) in [4.78, 5) is 28.2. The van der Waals surface area contributed by atoms with E-state index < -0.39 is 11.8 Å². The summed E-state index contributed by atoms with van der Waals surface area (Å²) in [6.45, 7) is 9.34. The van der Waals surface area contributed by atoms with Crippen molar-refractivity contribution >= 4 is 23.2 Å². The van der Waals surface area contributed by atoms with Gasteiger partial charge in [0.05, 0.1) is 0 Å². The fourth-order valence-corrected chi connectivity index (χ4v) is 2.29.